The van der Waals surface area contributed by atoms with E-state index in [1.165, 1.54) is 12.1 Å². The van der Waals surface area contributed by atoms with E-state index in [9.17, 15) is 9.65 Å². The molecule has 2 nitrogen and oxygen atoms in total. The molecule has 0 saturated carbocycles. The van der Waals surface area contributed by atoms with Crippen LogP contribution in [0, 0.1) is 17.1 Å². The van der Waals surface area contributed by atoms with E-state index in [2.05, 4.69) is 6.07 Å². The summed E-state index contributed by atoms with van der Waals surface area (Å²) in [5, 5.41) is 9.79. The van der Waals surface area contributed by atoms with Gasteiger partial charge in [0.25, 0.3) is 0 Å². The van der Waals surface area contributed by atoms with Crippen molar-refractivity contribution in [3.8, 4) is 11.8 Å². The molecule has 2 rings (SSSR count). The first kappa shape index (κ1) is 14.4. The number of rotatable bonds is 5. The van der Waals surface area contributed by atoms with Gasteiger partial charge in [-0.15, -0.1) is 0 Å². The first-order valence-corrected chi connectivity index (χ1v) is 6.61. The standard InChI is InChI=1S/C16H13ClFNO/c17-16-7-2-1-6-15(16)12(11-19)8-9-20-14-5-3-4-13(18)10-14/h1-7,10,12H,8-9H2. The third-order valence-electron chi connectivity index (χ3n) is 2.91. The van der Waals surface area contributed by atoms with E-state index >= 15 is 0 Å². The largest absolute Gasteiger partial charge is 0.493 e. The second-order valence-corrected chi connectivity index (χ2v) is 4.70. The number of nitriles is 1. The monoisotopic (exact) mass is 289 g/mol. The molecule has 0 bridgehead atoms. The molecule has 102 valence electrons. The summed E-state index contributed by atoms with van der Waals surface area (Å²) in [7, 11) is 0. The predicted molar refractivity (Wildman–Crippen MR) is 76.3 cm³/mol. The van der Waals surface area contributed by atoms with E-state index in [-0.39, 0.29) is 11.7 Å². The Bertz CT molecular complexity index is 624. The van der Waals surface area contributed by atoms with Crippen molar-refractivity contribution < 1.29 is 9.13 Å². The van der Waals surface area contributed by atoms with Crippen LogP contribution in [0.5, 0.6) is 5.75 Å². The normalized spacial score (nSPS) is 11.7. The van der Waals surface area contributed by atoms with E-state index in [0.29, 0.717) is 23.8 Å². The van der Waals surface area contributed by atoms with Crippen molar-refractivity contribution in [2.45, 2.75) is 12.3 Å². The number of benzene rings is 2. The molecule has 0 heterocycles. The maximum absolute atomic E-state index is 13.0. The van der Waals surface area contributed by atoms with Crippen molar-refractivity contribution in [1.82, 2.24) is 0 Å². The zero-order valence-corrected chi connectivity index (χ0v) is 11.5. The fourth-order valence-electron chi connectivity index (χ4n) is 1.90. The van der Waals surface area contributed by atoms with Gasteiger partial charge in [0.2, 0.25) is 0 Å². The number of hydrogen-bond donors (Lipinski definition) is 0. The molecular formula is C16H13ClFNO. The van der Waals surface area contributed by atoms with Gasteiger partial charge in [-0.3, -0.25) is 0 Å². The highest BCUT2D eigenvalue weighted by atomic mass is 35.5. The average Bonchev–Trinajstić information content (AvgIpc) is 2.45. The maximum atomic E-state index is 13.0. The van der Waals surface area contributed by atoms with E-state index in [1.807, 2.05) is 18.2 Å². The first-order valence-electron chi connectivity index (χ1n) is 6.23. The van der Waals surface area contributed by atoms with Crippen LogP contribution in [0.15, 0.2) is 48.5 Å². The fraction of sp³-hybridized carbons (Fsp3) is 0.188. The molecule has 0 saturated heterocycles. The number of ether oxygens (including phenoxy) is 1. The highest BCUT2D eigenvalue weighted by Crippen LogP contribution is 2.26. The van der Waals surface area contributed by atoms with Gasteiger partial charge in [-0.2, -0.15) is 5.26 Å². The molecule has 0 aliphatic carbocycles. The smallest absolute Gasteiger partial charge is 0.126 e. The minimum absolute atomic E-state index is 0.326. The molecule has 0 radical (unpaired) electrons. The topological polar surface area (TPSA) is 33.0 Å². The van der Waals surface area contributed by atoms with Crippen molar-refractivity contribution in [1.29, 1.82) is 5.26 Å². The van der Waals surface area contributed by atoms with Gasteiger partial charge >= 0.3 is 0 Å². The summed E-state index contributed by atoms with van der Waals surface area (Å²) in [5.74, 6) is -0.219. The molecule has 1 unspecified atom stereocenters. The van der Waals surface area contributed by atoms with Gasteiger partial charge in [-0.1, -0.05) is 35.9 Å². The highest BCUT2D eigenvalue weighted by Gasteiger charge is 2.13. The average molecular weight is 290 g/mol. The molecule has 0 aliphatic rings. The van der Waals surface area contributed by atoms with Crippen LogP contribution in [0.25, 0.3) is 0 Å². The Hall–Kier alpha value is -2.05. The van der Waals surface area contributed by atoms with Crippen LogP contribution in [0.4, 0.5) is 4.39 Å². The third kappa shape index (κ3) is 3.72. The van der Waals surface area contributed by atoms with Crippen molar-refractivity contribution in [2.24, 2.45) is 0 Å². The molecule has 0 spiro atoms. The molecule has 0 aromatic heterocycles. The van der Waals surface area contributed by atoms with Crippen LogP contribution in [0.3, 0.4) is 0 Å². The lowest BCUT2D eigenvalue weighted by Crippen LogP contribution is -2.05. The Morgan fingerprint density at radius 3 is 2.70 bits per heavy atom. The van der Waals surface area contributed by atoms with Crippen LogP contribution < -0.4 is 4.74 Å². The zero-order valence-electron chi connectivity index (χ0n) is 10.7. The van der Waals surface area contributed by atoms with E-state index in [1.54, 1.807) is 18.2 Å². The Morgan fingerprint density at radius 1 is 1.20 bits per heavy atom. The lowest BCUT2D eigenvalue weighted by Gasteiger charge is -2.12. The van der Waals surface area contributed by atoms with Crippen molar-refractivity contribution in [2.75, 3.05) is 6.61 Å². The van der Waals surface area contributed by atoms with E-state index < -0.39 is 0 Å². The predicted octanol–water partition coefficient (Wildman–Crippen LogP) is 4.56. The van der Waals surface area contributed by atoms with Gasteiger partial charge in [0.15, 0.2) is 0 Å². The molecule has 20 heavy (non-hydrogen) atoms. The molecule has 0 fully saturated rings. The summed E-state index contributed by atoms with van der Waals surface area (Å²) in [5.41, 5.74) is 0.791. The van der Waals surface area contributed by atoms with Crippen LogP contribution in [0.2, 0.25) is 5.02 Å². The fourth-order valence-corrected chi connectivity index (χ4v) is 2.17. The molecule has 2 aromatic carbocycles. The zero-order chi connectivity index (χ0) is 14.4. The maximum Gasteiger partial charge on any atom is 0.126 e. The molecule has 0 amide bonds. The third-order valence-corrected chi connectivity index (χ3v) is 3.25. The second kappa shape index (κ2) is 6.93. The lowest BCUT2D eigenvalue weighted by molar-refractivity contribution is 0.304. The molecule has 1 atom stereocenters. The summed E-state index contributed by atoms with van der Waals surface area (Å²) in [6.07, 6.45) is 0.497. The second-order valence-electron chi connectivity index (χ2n) is 4.30. The summed E-state index contributed by atoms with van der Waals surface area (Å²) in [6, 6.07) is 15.4. The number of halogens is 2. The molecule has 0 N–H and O–H groups in total. The van der Waals surface area contributed by atoms with Crippen LogP contribution in [-0.2, 0) is 0 Å². The van der Waals surface area contributed by atoms with Crippen LogP contribution in [0.1, 0.15) is 17.9 Å². The molecule has 2 aromatic rings. The number of nitrogens with zero attached hydrogens (tertiary/aromatic N) is 1. The molecule has 0 aliphatic heterocycles. The summed E-state index contributed by atoms with van der Waals surface area (Å²) in [6.45, 7) is 0.326. The number of hydrogen-bond acceptors (Lipinski definition) is 2. The van der Waals surface area contributed by atoms with Gasteiger partial charge in [0.1, 0.15) is 11.6 Å². The van der Waals surface area contributed by atoms with Crippen LogP contribution in [-0.4, -0.2) is 6.61 Å². The Balaban J connectivity index is 1.96. The van der Waals surface area contributed by atoms with E-state index in [4.69, 9.17) is 16.3 Å². The van der Waals surface area contributed by atoms with Crippen molar-refractivity contribution in [3.63, 3.8) is 0 Å². The van der Waals surface area contributed by atoms with Gasteiger partial charge in [-0.05, 0) is 23.8 Å². The minimum atomic E-state index is -0.342. The van der Waals surface area contributed by atoms with Crippen molar-refractivity contribution >= 4 is 11.6 Å². The van der Waals surface area contributed by atoms with Gasteiger partial charge < -0.3 is 4.74 Å². The lowest BCUT2D eigenvalue weighted by atomic mass is 9.98. The SMILES string of the molecule is N#CC(CCOc1cccc(F)c1)c1ccccc1Cl. The Kier molecular flexibility index (Phi) is 4.97. The van der Waals surface area contributed by atoms with Crippen molar-refractivity contribution in [3.05, 3.63) is 64.9 Å². The molecular weight excluding hydrogens is 277 g/mol. The summed E-state index contributed by atoms with van der Waals surface area (Å²) < 4.78 is 18.4. The highest BCUT2D eigenvalue weighted by molar-refractivity contribution is 6.31. The summed E-state index contributed by atoms with van der Waals surface area (Å²) in [4.78, 5) is 0. The summed E-state index contributed by atoms with van der Waals surface area (Å²) >= 11 is 6.07. The van der Waals surface area contributed by atoms with E-state index in [0.717, 1.165) is 5.56 Å². The first-order chi connectivity index (χ1) is 9.70. The van der Waals surface area contributed by atoms with Gasteiger partial charge in [-0.25, -0.2) is 4.39 Å². The Labute approximate surface area is 122 Å². The van der Waals surface area contributed by atoms with Gasteiger partial charge in [0.05, 0.1) is 18.6 Å². The minimum Gasteiger partial charge on any atom is -0.493 e. The molecule has 4 heteroatoms. The Morgan fingerprint density at radius 2 is 2.00 bits per heavy atom. The quantitative estimate of drug-likeness (QED) is 0.808. The van der Waals surface area contributed by atoms with Crippen LogP contribution >= 0.6 is 11.6 Å². The van der Waals surface area contributed by atoms with Gasteiger partial charge in [0, 0.05) is 17.5 Å².